The van der Waals surface area contributed by atoms with E-state index in [1.54, 1.807) is 0 Å². The van der Waals surface area contributed by atoms with E-state index in [1.807, 2.05) is 6.07 Å². The molecule has 0 aliphatic carbocycles. The van der Waals surface area contributed by atoms with Crippen molar-refractivity contribution < 1.29 is 5.11 Å². The Balaban J connectivity index is 2.60. The van der Waals surface area contributed by atoms with E-state index < -0.39 is 0 Å². The van der Waals surface area contributed by atoms with Gasteiger partial charge >= 0.3 is 0 Å². The summed E-state index contributed by atoms with van der Waals surface area (Å²) in [6, 6.07) is 1.95. The second-order valence-electron chi connectivity index (χ2n) is 0.934. The standard InChI is InChI=1S/C4H7NOS/c5-1-3-7-4-2-6/h6H,2-4H2. The van der Waals surface area contributed by atoms with Crippen molar-refractivity contribution in [1.29, 1.82) is 5.26 Å². The molecular formula is C4H7NOS. The van der Waals surface area contributed by atoms with Gasteiger partial charge in [0.2, 0.25) is 0 Å². The Kier molecular flexibility index (Phi) is 5.63. The first-order valence-electron chi connectivity index (χ1n) is 1.97. The highest BCUT2D eigenvalue weighted by atomic mass is 32.2. The smallest absolute Gasteiger partial charge is 0.0808 e. The highest BCUT2D eigenvalue weighted by Gasteiger charge is 1.80. The maximum Gasteiger partial charge on any atom is 0.0808 e. The fraction of sp³-hybridized carbons (Fsp3) is 0.750. The summed E-state index contributed by atoms with van der Waals surface area (Å²) >= 11 is 1.44. The molecule has 0 unspecified atom stereocenters. The highest BCUT2D eigenvalue weighted by molar-refractivity contribution is 7.99. The second-order valence-corrected chi connectivity index (χ2v) is 2.04. The van der Waals surface area contributed by atoms with E-state index in [0.29, 0.717) is 11.5 Å². The van der Waals surface area contributed by atoms with Crippen molar-refractivity contribution in [2.24, 2.45) is 0 Å². The van der Waals surface area contributed by atoms with Gasteiger partial charge in [-0.1, -0.05) is 0 Å². The van der Waals surface area contributed by atoms with Crippen LogP contribution in [-0.4, -0.2) is 23.2 Å². The number of aliphatic hydroxyl groups excluding tert-OH is 1. The molecule has 0 rings (SSSR count). The predicted molar refractivity (Wildman–Crippen MR) is 30.0 cm³/mol. The lowest BCUT2D eigenvalue weighted by Gasteiger charge is -1.85. The molecule has 0 spiro atoms. The van der Waals surface area contributed by atoms with Gasteiger partial charge in [-0.25, -0.2) is 0 Å². The molecule has 3 heteroatoms. The Labute approximate surface area is 47.1 Å². The van der Waals surface area contributed by atoms with Crippen LogP contribution in [0, 0.1) is 11.3 Å². The lowest BCUT2D eigenvalue weighted by Crippen LogP contribution is -1.85. The van der Waals surface area contributed by atoms with E-state index in [9.17, 15) is 0 Å². The van der Waals surface area contributed by atoms with E-state index in [2.05, 4.69) is 0 Å². The van der Waals surface area contributed by atoms with Crippen LogP contribution in [0.1, 0.15) is 0 Å². The molecule has 0 radical (unpaired) electrons. The summed E-state index contributed by atoms with van der Waals surface area (Å²) in [6.45, 7) is 0.173. The number of aliphatic hydroxyl groups is 1. The van der Waals surface area contributed by atoms with Crippen LogP contribution in [-0.2, 0) is 0 Å². The van der Waals surface area contributed by atoms with Crippen LogP contribution in [0.15, 0.2) is 0 Å². The number of thioether (sulfide) groups is 1. The molecule has 0 amide bonds. The van der Waals surface area contributed by atoms with E-state index in [-0.39, 0.29) is 6.61 Å². The Morgan fingerprint density at radius 1 is 1.71 bits per heavy atom. The summed E-state index contributed by atoms with van der Waals surface area (Å²) in [5.41, 5.74) is 0. The molecule has 0 aliphatic heterocycles. The van der Waals surface area contributed by atoms with Crippen LogP contribution in [0.25, 0.3) is 0 Å². The van der Waals surface area contributed by atoms with Gasteiger partial charge in [-0.05, 0) is 0 Å². The fourth-order valence-corrected chi connectivity index (χ4v) is 0.547. The lowest BCUT2D eigenvalue weighted by molar-refractivity contribution is 0.322. The third-order valence-corrected chi connectivity index (χ3v) is 1.21. The van der Waals surface area contributed by atoms with E-state index in [1.165, 1.54) is 11.8 Å². The van der Waals surface area contributed by atoms with Gasteiger partial charge in [0.05, 0.1) is 18.4 Å². The third kappa shape index (κ3) is 5.80. The van der Waals surface area contributed by atoms with Crippen molar-refractivity contribution in [3.05, 3.63) is 0 Å². The number of hydrogen-bond acceptors (Lipinski definition) is 3. The van der Waals surface area contributed by atoms with Crippen LogP contribution in [0.4, 0.5) is 0 Å². The minimum atomic E-state index is 0.173. The van der Waals surface area contributed by atoms with Gasteiger partial charge in [0.25, 0.3) is 0 Å². The Morgan fingerprint density at radius 3 is 2.86 bits per heavy atom. The predicted octanol–water partition coefficient (Wildman–Crippen LogP) is 0.235. The monoisotopic (exact) mass is 117 g/mol. The summed E-state index contributed by atoms with van der Waals surface area (Å²) in [7, 11) is 0. The zero-order chi connectivity index (χ0) is 5.54. The van der Waals surface area contributed by atoms with Crippen LogP contribution in [0.3, 0.4) is 0 Å². The quantitative estimate of drug-likeness (QED) is 0.538. The average molecular weight is 117 g/mol. The topological polar surface area (TPSA) is 44.0 Å². The number of nitrogens with zero attached hydrogens (tertiary/aromatic N) is 1. The van der Waals surface area contributed by atoms with Crippen LogP contribution >= 0.6 is 11.8 Å². The molecule has 0 saturated heterocycles. The van der Waals surface area contributed by atoms with Gasteiger partial charge in [0.1, 0.15) is 0 Å². The number of nitriles is 1. The zero-order valence-corrected chi connectivity index (χ0v) is 4.74. The van der Waals surface area contributed by atoms with E-state index in [0.717, 1.165) is 0 Å². The molecular weight excluding hydrogens is 110 g/mol. The van der Waals surface area contributed by atoms with Crippen molar-refractivity contribution in [2.75, 3.05) is 18.1 Å². The van der Waals surface area contributed by atoms with Gasteiger partial charge in [0, 0.05) is 5.75 Å². The second kappa shape index (κ2) is 5.80. The van der Waals surface area contributed by atoms with E-state index >= 15 is 0 Å². The Morgan fingerprint density at radius 2 is 2.43 bits per heavy atom. The third-order valence-electron chi connectivity index (χ3n) is 0.402. The summed E-state index contributed by atoms with van der Waals surface area (Å²) in [4.78, 5) is 0. The molecule has 0 aliphatic rings. The largest absolute Gasteiger partial charge is 0.396 e. The summed E-state index contributed by atoms with van der Waals surface area (Å²) in [6.07, 6.45) is 0. The van der Waals surface area contributed by atoms with Gasteiger partial charge < -0.3 is 5.11 Å². The maximum atomic E-state index is 8.16. The molecule has 0 aromatic carbocycles. The van der Waals surface area contributed by atoms with Gasteiger partial charge in [-0.3, -0.25) is 0 Å². The molecule has 0 heterocycles. The molecule has 0 aromatic heterocycles. The molecule has 2 nitrogen and oxygen atoms in total. The normalized spacial score (nSPS) is 8.00. The van der Waals surface area contributed by atoms with Crippen molar-refractivity contribution in [3.8, 4) is 6.07 Å². The Bertz CT molecular complexity index is 68.6. The molecule has 0 fully saturated rings. The van der Waals surface area contributed by atoms with Crippen LogP contribution in [0.5, 0.6) is 0 Å². The molecule has 1 N–H and O–H groups in total. The summed E-state index contributed by atoms with van der Waals surface area (Å²) in [5.74, 6) is 1.16. The number of rotatable bonds is 3. The first kappa shape index (κ1) is 6.80. The molecule has 0 bridgehead atoms. The molecule has 0 aromatic rings. The van der Waals surface area contributed by atoms with Crippen LogP contribution < -0.4 is 0 Å². The van der Waals surface area contributed by atoms with E-state index in [4.69, 9.17) is 10.4 Å². The molecule has 40 valence electrons. The van der Waals surface area contributed by atoms with Crippen LogP contribution in [0.2, 0.25) is 0 Å². The summed E-state index contributed by atoms with van der Waals surface area (Å²) in [5, 5.41) is 16.1. The maximum absolute atomic E-state index is 8.16. The highest BCUT2D eigenvalue weighted by Crippen LogP contribution is 1.94. The van der Waals surface area contributed by atoms with Crippen molar-refractivity contribution in [1.82, 2.24) is 0 Å². The minimum Gasteiger partial charge on any atom is -0.396 e. The zero-order valence-electron chi connectivity index (χ0n) is 3.92. The van der Waals surface area contributed by atoms with Gasteiger partial charge in [-0.15, -0.1) is 11.8 Å². The minimum absolute atomic E-state index is 0.173. The summed E-state index contributed by atoms with van der Waals surface area (Å²) < 4.78 is 0. The molecule has 0 saturated carbocycles. The first-order valence-corrected chi connectivity index (χ1v) is 3.13. The average Bonchev–Trinajstić information content (AvgIpc) is 1.69. The molecule has 0 atom stereocenters. The van der Waals surface area contributed by atoms with Crippen molar-refractivity contribution in [3.63, 3.8) is 0 Å². The van der Waals surface area contributed by atoms with Gasteiger partial charge in [-0.2, -0.15) is 5.26 Å². The Hall–Kier alpha value is -0.200. The van der Waals surface area contributed by atoms with Crippen molar-refractivity contribution >= 4 is 11.8 Å². The fourth-order valence-electron chi connectivity index (χ4n) is 0.182. The van der Waals surface area contributed by atoms with Crippen molar-refractivity contribution in [2.45, 2.75) is 0 Å². The molecule has 7 heavy (non-hydrogen) atoms. The lowest BCUT2D eigenvalue weighted by atomic mass is 10.9. The number of hydrogen-bond donors (Lipinski definition) is 1. The van der Waals surface area contributed by atoms with Gasteiger partial charge in [0.15, 0.2) is 0 Å². The first-order chi connectivity index (χ1) is 3.41. The SMILES string of the molecule is N#CCSCCO.